The zero-order valence-corrected chi connectivity index (χ0v) is 18.2. The van der Waals surface area contributed by atoms with Crippen LogP contribution in [-0.2, 0) is 0 Å². The van der Waals surface area contributed by atoms with Crippen LogP contribution in [0.4, 0.5) is 13.2 Å². The second-order valence-corrected chi connectivity index (χ2v) is 7.86. The Labute approximate surface area is 183 Å². The van der Waals surface area contributed by atoms with E-state index in [9.17, 15) is 18.3 Å². The minimum atomic E-state index is -4.70. The number of piperazine rings is 1. The molecular weight excluding hydrogens is 428 g/mol. The number of alkyl halides is 3. The zero-order chi connectivity index (χ0) is 19.4. The minimum Gasteiger partial charge on any atom is -0.406 e. The lowest BCUT2D eigenvalue weighted by Crippen LogP contribution is -2.51. The highest BCUT2D eigenvalue weighted by Crippen LogP contribution is 2.38. The van der Waals surface area contributed by atoms with Crippen LogP contribution in [0.1, 0.15) is 44.1 Å². The monoisotopic (exact) mass is 458 g/mol. The molecule has 1 aliphatic heterocycles. The summed E-state index contributed by atoms with van der Waals surface area (Å²) in [5.41, 5.74) is 0.814. The summed E-state index contributed by atoms with van der Waals surface area (Å²) in [4.78, 5) is 2.35. The van der Waals surface area contributed by atoms with Gasteiger partial charge in [0.1, 0.15) is 5.75 Å². The van der Waals surface area contributed by atoms with Gasteiger partial charge in [-0.2, -0.15) is 0 Å². The molecule has 0 spiro atoms. The van der Waals surface area contributed by atoms with Crippen LogP contribution >= 0.6 is 24.8 Å². The number of halogens is 5. The Hall–Kier alpha value is -0.730. The number of ether oxygens (including phenoxy) is 1. The molecule has 1 aliphatic carbocycles. The van der Waals surface area contributed by atoms with Crippen molar-refractivity contribution in [2.45, 2.75) is 57.0 Å². The third-order valence-electron chi connectivity index (χ3n) is 5.73. The topological polar surface area (TPSA) is 44.7 Å². The summed E-state index contributed by atoms with van der Waals surface area (Å²) < 4.78 is 42.0. The Balaban J connectivity index is 0.00000210. The van der Waals surface area contributed by atoms with Gasteiger partial charge in [0.15, 0.2) is 0 Å². The predicted molar refractivity (Wildman–Crippen MR) is 112 cm³/mol. The lowest BCUT2D eigenvalue weighted by atomic mass is 9.74. The molecule has 4 atom stereocenters. The Morgan fingerprint density at radius 3 is 2.62 bits per heavy atom. The molecular formula is C20H31Cl2F3N2O2. The van der Waals surface area contributed by atoms with E-state index in [1.54, 1.807) is 6.07 Å². The van der Waals surface area contributed by atoms with Crippen molar-refractivity contribution in [3.63, 3.8) is 0 Å². The quantitative estimate of drug-likeness (QED) is 0.687. The van der Waals surface area contributed by atoms with Crippen LogP contribution in [0.2, 0.25) is 0 Å². The van der Waals surface area contributed by atoms with Crippen LogP contribution in [0, 0.1) is 5.92 Å². The molecule has 0 bridgehead atoms. The van der Waals surface area contributed by atoms with E-state index in [4.69, 9.17) is 0 Å². The fraction of sp³-hybridized carbons (Fsp3) is 0.700. The molecule has 2 unspecified atom stereocenters. The number of hydrogen-bond donors (Lipinski definition) is 2. The molecule has 3 rings (SSSR count). The summed E-state index contributed by atoms with van der Waals surface area (Å²) in [6.45, 7) is 5.58. The normalized spacial score (nSPS) is 26.7. The molecule has 2 N–H and O–H groups in total. The van der Waals surface area contributed by atoms with Crippen molar-refractivity contribution in [3.05, 3.63) is 29.8 Å². The number of benzene rings is 1. The molecule has 2 aliphatic rings. The van der Waals surface area contributed by atoms with Gasteiger partial charge in [-0.1, -0.05) is 25.0 Å². The van der Waals surface area contributed by atoms with Crippen LogP contribution in [0.3, 0.4) is 0 Å². The number of nitrogens with one attached hydrogen (secondary N) is 1. The third kappa shape index (κ3) is 7.79. The number of hydrogen-bond acceptors (Lipinski definition) is 4. The van der Waals surface area contributed by atoms with Crippen molar-refractivity contribution < 1.29 is 23.0 Å². The molecule has 1 saturated carbocycles. The van der Waals surface area contributed by atoms with Crippen LogP contribution in [0.25, 0.3) is 0 Å². The average molecular weight is 459 g/mol. The second-order valence-electron chi connectivity index (χ2n) is 7.86. The lowest BCUT2D eigenvalue weighted by Gasteiger charge is -2.40. The second kappa shape index (κ2) is 11.6. The first kappa shape index (κ1) is 26.3. The van der Waals surface area contributed by atoms with E-state index >= 15 is 0 Å². The van der Waals surface area contributed by atoms with E-state index in [1.165, 1.54) is 12.1 Å². The van der Waals surface area contributed by atoms with Gasteiger partial charge in [-0.05, 0) is 43.4 Å². The van der Waals surface area contributed by atoms with Crippen molar-refractivity contribution >= 4 is 24.8 Å². The van der Waals surface area contributed by atoms with Crippen molar-refractivity contribution in [2.75, 3.05) is 26.2 Å². The number of nitrogens with zero attached hydrogens (tertiary/aromatic N) is 1. The van der Waals surface area contributed by atoms with Gasteiger partial charge in [0, 0.05) is 38.1 Å². The highest BCUT2D eigenvalue weighted by Gasteiger charge is 2.35. The Kier molecular flexibility index (Phi) is 10.5. The van der Waals surface area contributed by atoms with Gasteiger partial charge in [0.2, 0.25) is 0 Å². The molecule has 4 nitrogen and oxygen atoms in total. The summed E-state index contributed by atoms with van der Waals surface area (Å²) in [5, 5.41) is 14.0. The predicted octanol–water partition coefficient (Wildman–Crippen LogP) is 4.36. The fourth-order valence-corrected chi connectivity index (χ4v) is 4.50. The van der Waals surface area contributed by atoms with E-state index in [1.807, 2.05) is 6.07 Å². The molecule has 1 saturated heterocycles. The molecule has 2 fully saturated rings. The smallest absolute Gasteiger partial charge is 0.406 e. The summed E-state index contributed by atoms with van der Waals surface area (Å²) in [7, 11) is 0. The van der Waals surface area contributed by atoms with Gasteiger partial charge >= 0.3 is 6.36 Å². The highest BCUT2D eigenvalue weighted by molar-refractivity contribution is 5.85. The molecule has 0 amide bonds. The molecule has 168 valence electrons. The van der Waals surface area contributed by atoms with Crippen molar-refractivity contribution in [3.8, 4) is 5.75 Å². The summed E-state index contributed by atoms with van der Waals surface area (Å²) in [5.74, 6) is -0.142. The number of aliphatic hydroxyl groups is 1. The molecule has 1 heterocycles. The molecule has 1 aromatic carbocycles. The van der Waals surface area contributed by atoms with Gasteiger partial charge in [-0.3, -0.25) is 4.90 Å². The maximum Gasteiger partial charge on any atom is 0.573 e. The maximum atomic E-state index is 12.6. The van der Waals surface area contributed by atoms with Crippen LogP contribution < -0.4 is 10.1 Å². The fourth-order valence-electron chi connectivity index (χ4n) is 4.50. The highest BCUT2D eigenvalue weighted by atomic mass is 35.5. The molecule has 9 heteroatoms. The van der Waals surface area contributed by atoms with E-state index in [0.29, 0.717) is 6.04 Å². The summed E-state index contributed by atoms with van der Waals surface area (Å²) >= 11 is 0. The number of rotatable bonds is 5. The van der Waals surface area contributed by atoms with Crippen molar-refractivity contribution in [1.82, 2.24) is 10.2 Å². The van der Waals surface area contributed by atoms with Gasteiger partial charge in [0.05, 0.1) is 6.10 Å². The Bertz CT molecular complexity index is 622. The summed E-state index contributed by atoms with van der Waals surface area (Å²) in [6, 6.07) is 6.68. The van der Waals surface area contributed by atoms with E-state index in [2.05, 4.69) is 21.9 Å². The van der Waals surface area contributed by atoms with E-state index in [-0.39, 0.29) is 42.4 Å². The van der Waals surface area contributed by atoms with E-state index < -0.39 is 12.5 Å². The lowest BCUT2D eigenvalue weighted by molar-refractivity contribution is -0.274. The Morgan fingerprint density at radius 1 is 1.24 bits per heavy atom. The largest absolute Gasteiger partial charge is 0.573 e. The number of aliphatic hydroxyl groups excluding tert-OH is 1. The standard InChI is InChI=1S/C20H29F3N2O2.2ClH/c1-14-12-25(10-9-24-14)13-18(17-7-2-3-8-19(17)26)15-5-4-6-16(11-15)27-20(21,22)23;;/h4-6,11,14,17-19,24,26H,2-3,7-10,12-13H2,1H3;2*1H/t14-,17?,18-,19?;;/m1../s1. The van der Waals surface area contributed by atoms with Crippen LogP contribution in [0.15, 0.2) is 24.3 Å². The van der Waals surface area contributed by atoms with Gasteiger partial charge in [-0.25, -0.2) is 0 Å². The molecule has 0 radical (unpaired) electrons. The van der Waals surface area contributed by atoms with Gasteiger partial charge in [0.25, 0.3) is 0 Å². The average Bonchev–Trinajstić information content (AvgIpc) is 2.59. The van der Waals surface area contributed by atoms with Crippen molar-refractivity contribution in [2.24, 2.45) is 5.92 Å². The summed E-state index contributed by atoms with van der Waals surface area (Å²) in [6.07, 6.45) is -1.39. The first-order chi connectivity index (χ1) is 12.8. The molecule has 29 heavy (non-hydrogen) atoms. The third-order valence-corrected chi connectivity index (χ3v) is 5.73. The van der Waals surface area contributed by atoms with E-state index in [0.717, 1.165) is 57.4 Å². The Morgan fingerprint density at radius 2 is 1.97 bits per heavy atom. The van der Waals surface area contributed by atoms with Crippen LogP contribution in [-0.4, -0.2) is 54.7 Å². The first-order valence-electron chi connectivity index (χ1n) is 9.81. The minimum absolute atomic E-state index is 0. The molecule has 0 aromatic heterocycles. The first-order valence-corrected chi connectivity index (χ1v) is 9.81. The zero-order valence-electron chi connectivity index (χ0n) is 16.5. The maximum absolute atomic E-state index is 12.6. The molecule has 1 aromatic rings. The van der Waals surface area contributed by atoms with Crippen LogP contribution in [0.5, 0.6) is 5.75 Å². The SMILES string of the molecule is C[C@@H]1CN(C[C@H](c2cccc(OC(F)(F)F)c2)C2CCCCC2O)CCN1.Cl.Cl. The van der Waals surface area contributed by atoms with Crippen molar-refractivity contribution in [1.29, 1.82) is 0 Å². The van der Waals surface area contributed by atoms with Gasteiger partial charge < -0.3 is 15.2 Å². The van der Waals surface area contributed by atoms with Gasteiger partial charge in [-0.15, -0.1) is 38.0 Å².